The van der Waals surface area contributed by atoms with Gasteiger partial charge in [-0.15, -0.1) is 24.0 Å². The van der Waals surface area contributed by atoms with Crippen LogP contribution >= 0.6 is 35.7 Å². The molecule has 0 aromatic heterocycles. The highest BCUT2D eigenvalue weighted by Crippen LogP contribution is 2.28. The summed E-state index contributed by atoms with van der Waals surface area (Å²) in [7, 11) is 0. The van der Waals surface area contributed by atoms with Crippen molar-refractivity contribution in [3.05, 3.63) is 71.8 Å². The first-order valence-corrected chi connectivity index (χ1v) is 11.3. The van der Waals surface area contributed by atoms with Crippen molar-refractivity contribution < 1.29 is 5.11 Å². The number of aliphatic imine (C=N–C) groups is 1. The fraction of sp³-hybridized carbons (Fsp3) is 0.435. The molecule has 2 unspecified atom stereocenters. The molecular weight excluding hydrogens is 493 g/mol. The summed E-state index contributed by atoms with van der Waals surface area (Å²) in [4.78, 5) is 4.67. The minimum atomic E-state index is -0.657. The van der Waals surface area contributed by atoms with Crippen molar-refractivity contribution in [3.63, 3.8) is 0 Å². The third-order valence-corrected chi connectivity index (χ3v) is 6.30. The minimum Gasteiger partial charge on any atom is -0.387 e. The van der Waals surface area contributed by atoms with E-state index in [2.05, 4.69) is 83.2 Å². The number of thioether (sulfide) groups is 1. The smallest absolute Gasteiger partial charge is 0.191 e. The number of hydrogen-bond acceptors (Lipinski definition) is 3. The van der Waals surface area contributed by atoms with E-state index in [1.165, 1.54) is 11.1 Å². The van der Waals surface area contributed by atoms with Gasteiger partial charge in [-0.05, 0) is 36.6 Å². The Hall–Kier alpha value is -1.25. The van der Waals surface area contributed by atoms with E-state index in [1.807, 2.05) is 0 Å². The molecule has 1 aliphatic heterocycles. The van der Waals surface area contributed by atoms with Gasteiger partial charge in [0.1, 0.15) is 0 Å². The van der Waals surface area contributed by atoms with Gasteiger partial charge in [0.15, 0.2) is 5.96 Å². The number of nitrogens with zero attached hydrogens (tertiary/aromatic N) is 1. The topological polar surface area (TPSA) is 56.7 Å². The van der Waals surface area contributed by atoms with Crippen molar-refractivity contribution in [2.45, 2.75) is 31.3 Å². The van der Waals surface area contributed by atoms with E-state index in [0.717, 1.165) is 43.4 Å². The van der Waals surface area contributed by atoms with Crippen LogP contribution < -0.4 is 10.6 Å². The van der Waals surface area contributed by atoms with Crippen LogP contribution in [0, 0.1) is 0 Å². The Balaban J connectivity index is 0.00000300. The quantitative estimate of drug-likeness (QED) is 0.277. The Morgan fingerprint density at radius 2 is 1.79 bits per heavy atom. The van der Waals surface area contributed by atoms with E-state index in [4.69, 9.17) is 0 Å². The molecule has 0 radical (unpaired) electrons. The molecule has 2 aromatic carbocycles. The maximum atomic E-state index is 10.6. The molecule has 1 aliphatic rings. The van der Waals surface area contributed by atoms with E-state index in [9.17, 15) is 5.11 Å². The Bertz CT molecular complexity index is 736. The van der Waals surface area contributed by atoms with Crippen LogP contribution in [0.3, 0.4) is 0 Å². The zero-order chi connectivity index (χ0) is 19.7. The van der Waals surface area contributed by atoms with E-state index < -0.39 is 5.60 Å². The number of nitrogens with one attached hydrogen (secondary N) is 2. The van der Waals surface area contributed by atoms with Crippen molar-refractivity contribution in [3.8, 4) is 0 Å². The monoisotopic (exact) mass is 525 g/mol. The van der Waals surface area contributed by atoms with Crippen molar-refractivity contribution in [1.29, 1.82) is 0 Å². The van der Waals surface area contributed by atoms with Gasteiger partial charge in [0.05, 0.1) is 12.1 Å². The van der Waals surface area contributed by atoms with Crippen LogP contribution in [-0.4, -0.2) is 47.8 Å². The Morgan fingerprint density at radius 1 is 1.10 bits per heavy atom. The van der Waals surface area contributed by atoms with Crippen LogP contribution in [0.15, 0.2) is 65.7 Å². The Morgan fingerprint density at radius 3 is 2.41 bits per heavy atom. The lowest BCUT2D eigenvalue weighted by Crippen LogP contribution is -2.41. The molecule has 29 heavy (non-hydrogen) atoms. The molecule has 1 fully saturated rings. The first-order valence-electron chi connectivity index (χ1n) is 10.1. The number of aliphatic hydroxyl groups is 1. The van der Waals surface area contributed by atoms with Gasteiger partial charge in [0, 0.05) is 24.8 Å². The fourth-order valence-corrected chi connectivity index (χ4v) is 4.72. The highest BCUT2D eigenvalue weighted by atomic mass is 127. The lowest BCUT2D eigenvalue weighted by Gasteiger charge is -2.22. The highest BCUT2D eigenvalue weighted by Gasteiger charge is 2.31. The third-order valence-electron chi connectivity index (χ3n) is 5.07. The maximum absolute atomic E-state index is 10.6. The van der Waals surface area contributed by atoms with Crippen LogP contribution in [0.1, 0.15) is 30.4 Å². The van der Waals surface area contributed by atoms with Gasteiger partial charge >= 0.3 is 0 Å². The summed E-state index contributed by atoms with van der Waals surface area (Å²) < 4.78 is 0. The molecule has 6 heteroatoms. The number of hydrogen-bond donors (Lipinski definition) is 3. The first-order chi connectivity index (χ1) is 13.7. The Kier molecular flexibility index (Phi) is 10.3. The molecule has 158 valence electrons. The van der Waals surface area contributed by atoms with Crippen LogP contribution in [0.2, 0.25) is 0 Å². The normalized spacial score (nSPS) is 20.0. The molecular formula is C23H32IN3OS. The number of rotatable bonds is 8. The predicted molar refractivity (Wildman–Crippen MR) is 136 cm³/mol. The standard InChI is InChI=1S/C23H31N3OS.HI/c1-2-24-22(26-17-23(27)13-14-28-18-23)25-16-21(20-11-7-4-8-12-20)15-19-9-5-3-6-10-19;/h3-12,21,27H,2,13-18H2,1H3,(H2,24,25,26);1H. The van der Waals surface area contributed by atoms with Gasteiger partial charge in [-0.3, -0.25) is 4.99 Å². The summed E-state index contributed by atoms with van der Waals surface area (Å²) in [5.74, 6) is 2.92. The average Bonchev–Trinajstić information content (AvgIpc) is 3.17. The molecule has 0 spiro atoms. The molecule has 0 amide bonds. The highest BCUT2D eigenvalue weighted by molar-refractivity contribution is 14.0. The SMILES string of the molecule is CCNC(=NCC1(O)CCSC1)NCC(Cc1ccccc1)c1ccccc1.I. The third kappa shape index (κ3) is 7.83. The average molecular weight is 526 g/mol. The van der Waals surface area contributed by atoms with Gasteiger partial charge < -0.3 is 15.7 Å². The van der Waals surface area contributed by atoms with Crippen molar-refractivity contribution in [1.82, 2.24) is 10.6 Å². The van der Waals surface area contributed by atoms with Gasteiger partial charge in [0.25, 0.3) is 0 Å². The lowest BCUT2D eigenvalue weighted by molar-refractivity contribution is 0.0778. The summed E-state index contributed by atoms with van der Waals surface area (Å²) in [6.07, 6.45) is 1.79. The summed E-state index contributed by atoms with van der Waals surface area (Å²) >= 11 is 1.80. The lowest BCUT2D eigenvalue weighted by atomic mass is 9.92. The van der Waals surface area contributed by atoms with Gasteiger partial charge in [-0.25, -0.2) is 0 Å². The second-order valence-electron chi connectivity index (χ2n) is 7.40. The molecule has 1 saturated heterocycles. The molecule has 1 heterocycles. The van der Waals surface area contributed by atoms with Crippen LogP contribution in [0.5, 0.6) is 0 Å². The molecule has 3 rings (SSSR count). The summed E-state index contributed by atoms with van der Waals surface area (Å²) in [6, 6.07) is 21.2. The zero-order valence-corrected chi connectivity index (χ0v) is 20.2. The summed E-state index contributed by atoms with van der Waals surface area (Å²) in [5, 5.41) is 17.4. The van der Waals surface area contributed by atoms with E-state index in [0.29, 0.717) is 12.5 Å². The fourth-order valence-electron chi connectivity index (χ4n) is 3.44. The molecule has 2 atom stereocenters. The van der Waals surface area contributed by atoms with Gasteiger partial charge in [0.2, 0.25) is 0 Å². The van der Waals surface area contributed by atoms with E-state index in [1.54, 1.807) is 11.8 Å². The molecule has 0 aliphatic carbocycles. The summed E-state index contributed by atoms with van der Waals surface area (Å²) in [6.45, 7) is 4.10. The second kappa shape index (κ2) is 12.4. The molecule has 0 bridgehead atoms. The second-order valence-corrected chi connectivity index (χ2v) is 8.51. The molecule has 4 nitrogen and oxygen atoms in total. The van der Waals surface area contributed by atoms with Gasteiger partial charge in [-0.1, -0.05) is 60.7 Å². The first kappa shape index (κ1) is 24.0. The maximum Gasteiger partial charge on any atom is 0.191 e. The molecule has 0 saturated carbocycles. The Labute approximate surface area is 196 Å². The van der Waals surface area contributed by atoms with Crippen molar-refractivity contribution in [2.24, 2.45) is 4.99 Å². The zero-order valence-electron chi connectivity index (χ0n) is 17.0. The molecule has 3 N–H and O–H groups in total. The largest absolute Gasteiger partial charge is 0.387 e. The van der Waals surface area contributed by atoms with E-state index in [-0.39, 0.29) is 24.0 Å². The van der Waals surface area contributed by atoms with Gasteiger partial charge in [-0.2, -0.15) is 11.8 Å². The van der Waals surface area contributed by atoms with Crippen molar-refractivity contribution in [2.75, 3.05) is 31.1 Å². The van der Waals surface area contributed by atoms with E-state index >= 15 is 0 Å². The number of halogens is 1. The minimum absolute atomic E-state index is 0. The van der Waals surface area contributed by atoms with Crippen LogP contribution in [-0.2, 0) is 6.42 Å². The van der Waals surface area contributed by atoms with Crippen LogP contribution in [0.4, 0.5) is 0 Å². The summed E-state index contributed by atoms with van der Waals surface area (Å²) in [5.41, 5.74) is 1.99. The predicted octanol–water partition coefficient (Wildman–Crippen LogP) is 4.05. The number of benzene rings is 2. The number of guanidine groups is 1. The molecule has 2 aromatic rings. The van der Waals surface area contributed by atoms with Crippen molar-refractivity contribution >= 4 is 41.7 Å². The van der Waals surface area contributed by atoms with Crippen LogP contribution in [0.25, 0.3) is 0 Å².